The SMILES string of the molecule is C1=[N+]c2cnc3ccccc3c2S1. The van der Waals surface area contributed by atoms with Crippen molar-refractivity contribution in [2.45, 2.75) is 4.90 Å². The minimum absolute atomic E-state index is 0.990. The maximum Gasteiger partial charge on any atom is 0.310 e. The van der Waals surface area contributed by atoms with E-state index in [1.54, 1.807) is 11.8 Å². The van der Waals surface area contributed by atoms with Gasteiger partial charge in [0, 0.05) is 5.39 Å². The molecule has 0 atom stereocenters. The van der Waals surface area contributed by atoms with Gasteiger partial charge in [0.15, 0.2) is 0 Å². The van der Waals surface area contributed by atoms with E-state index < -0.39 is 0 Å². The molecule has 0 N–H and O–H groups in total. The quantitative estimate of drug-likeness (QED) is 0.631. The van der Waals surface area contributed by atoms with Gasteiger partial charge in [-0.15, -0.1) is 0 Å². The highest BCUT2D eigenvalue weighted by molar-refractivity contribution is 8.12. The first-order valence-electron chi connectivity index (χ1n) is 4.02. The molecule has 1 aromatic carbocycles. The molecule has 3 heteroatoms. The number of benzene rings is 1. The van der Waals surface area contributed by atoms with Crippen molar-refractivity contribution in [3.05, 3.63) is 30.5 Å². The Morgan fingerprint density at radius 2 is 2.15 bits per heavy atom. The van der Waals surface area contributed by atoms with E-state index in [1.807, 2.05) is 29.9 Å². The smallest absolute Gasteiger partial charge is 0.249 e. The first kappa shape index (κ1) is 7.09. The Balaban J connectivity index is 2.46. The van der Waals surface area contributed by atoms with Crippen LogP contribution in [0.4, 0.5) is 5.69 Å². The van der Waals surface area contributed by atoms with Crippen molar-refractivity contribution in [3.63, 3.8) is 0 Å². The number of hydrogen-bond donors (Lipinski definition) is 0. The van der Waals surface area contributed by atoms with Crippen LogP contribution in [-0.2, 0) is 0 Å². The minimum atomic E-state index is 0.990. The van der Waals surface area contributed by atoms with E-state index >= 15 is 0 Å². The molecule has 13 heavy (non-hydrogen) atoms. The number of aliphatic imine (C=N–C) groups is 1. The second-order valence-electron chi connectivity index (χ2n) is 2.84. The third-order valence-electron chi connectivity index (χ3n) is 2.07. The van der Waals surface area contributed by atoms with Gasteiger partial charge in [0.25, 0.3) is 5.55 Å². The van der Waals surface area contributed by atoms with E-state index in [1.165, 1.54) is 10.3 Å². The summed E-state index contributed by atoms with van der Waals surface area (Å²) in [6.45, 7) is 0. The lowest BCUT2D eigenvalue weighted by atomic mass is 10.2. The monoisotopic (exact) mass is 186 g/mol. The molecule has 0 unspecified atom stereocenters. The molecule has 1 radical (unpaired) electrons. The Hall–Kier alpha value is -1.35. The molecule has 1 aliphatic heterocycles. The van der Waals surface area contributed by atoms with Gasteiger partial charge in [-0.1, -0.05) is 18.2 Å². The molecular formula is C10H6N2S+. The van der Waals surface area contributed by atoms with Crippen molar-refractivity contribution >= 4 is 33.9 Å². The lowest BCUT2D eigenvalue weighted by Gasteiger charge is -1.96. The summed E-state index contributed by atoms with van der Waals surface area (Å²) in [6, 6.07) is 8.14. The molecule has 0 aliphatic carbocycles. The fourth-order valence-electron chi connectivity index (χ4n) is 1.46. The second-order valence-corrected chi connectivity index (χ2v) is 3.70. The standard InChI is InChI=1S/C10H6N2S/c1-2-4-8-7(3-1)10-9(5-11-8)12-6-13-10/h1-6H/q+1. The molecule has 1 aliphatic rings. The van der Waals surface area contributed by atoms with E-state index in [4.69, 9.17) is 0 Å². The van der Waals surface area contributed by atoms with Crippen molar-refractivity contribution < 1.29 is 0 Å². The summed E-state index contributed by atoms with van der Waals surface area (Å²) in [6.07, 6.45) is 1.83. The predicted octanol–water partition coefficient (Wildman–Crippen LogP) is 2.34. The van der Waals surface area contributed by atoms with Crippen LogP contribution in [0.3, 0.4) is 0 Å². The van der Waals surface area contributed by atoms with Crippen molar-refractivity contribution in [1.82, 2.24) is 9.98 Å². The zero-order chi connectivity index (χ0) is 8.67. The van der Waals surface area contributed by atoms with Crippen LogP contribution in [0.15, 0.2) is 35.4 Å². The van der Waals surface area contributed by atoms with Gasteiger partial charge in [0.1, 0.15) is 11.1 Å². The van der Waals surface area contributed by atoms with Gasteiger partial charge in [-0.05, 0) is 17.8 Å². The van der Waals surface area contributed by atoms with Gasteiger partial charge in [-0.3, -0.25) is 0 Å². The molecule has 0 bridgehead atoms. The number of nitrogens with zero attached hydrogens (tertiary/aromatic N) is 2. The van der Waals surface area contributed by atoms with E-state index in [2.05, 4.69) is 16.0 Å². The van der Waals surface area contributed by atoms with Crippen molar-refractivity contribution in [1.29, 1.82) is 0 Å². The Morgan fingerprint density at radius 3 is 3.15 bits per heavy atom. The molecule has 0 amide bonds. The van der Waals surface area contributed by atoms with Crippen LogP contribution >= 0.6 is 11.8 Å². The van der Waals surface area contributed by atoms with Gasteiger partial charge >= 0.3 is 5.69 Å². The van der Waals surface area contributed by atoms with Gasteiger partial charge in [0.2, 0.25) is 0 Å². The molecule has 2 heterocycles. The highest BCUT2D eigenvalue weighted by Crippen LogP contribution is 2.34. The van der Waals surface area contributed by atoms with Crippen LogP contribution in [0.1, 0.15) is 0 Å². The molecule has 0 saturated heterocycles. The molecule has 2 nitrogen and oxygen atoms in total. The van der Waals surface area contributed by atoms with E-state index in [-0.39, 0.29) is 0 Å². The molecule has 1 aromatic heterocycles. The summed E-state index contributed by atoms with van der Waals surface area (Å²) in [5, 5.41) is 1.20. The summed E-state index contributed by atoms with van der Waals surface area (Å²) in [5.74, 6) is 0. The van der Waals surface area contributed by atoms with Crippen molar-refractivity contribution in [2.24, 2.45) is 0 Å². The molecule has 0 spiro atoms. The molecule has 3 rings (SSSR count). The topological polar surface area (TPSA) is 27.0 Å². The number of rotatable bonds is 0. The van der Waals surface area contributed by atoms with Gasteiger partial charge in [-0.25, -0.2) is 4.98 Å². The van der Waals surface area contributed by atoms with E-state index in [0.29, 0.717) is 0 Å². The molecule has 0 saturated carbocycles. The summed E-state index contributed by atoms with van der Waals surface area (Å²) in [5.41, 5.74) is 3.89. The highest BCUT2D eigenvalue weighted by atomic mass is 32.2. The summed E-state index contributed by atoms with van der Waals surface area (Å²) in [4.78, 5) is 9.78. The lowest BCUT2D eigenvalue weighted by molar-refractivity contribution is 1.27. The van der Waals surface area contributed by atoms with Crippen LogP contribution < -0.4 is 4.99 Å². The molecular weight excluding hydrogens is 180 g/mol. The number of para-hydroxylation sites is 1. The van der Waals surface area contributed by atoms with Crippen LogP contribution in [0, 0.1) is 0 Å². The number of fused-ring (bicyclic) bond motifs is 3. The second kappa shape index (κ2) is 2.57. The predicted molar refractivity (Wildman–Crippen MR) is 55.5 cm³/mol. The number of thioether (sulfide) groups is 1. The van der Waals surface area contributed by atoms with Crippen LogP contribution in [0.25, 0.3) is 10.9 Å². The van der Waals surface area contributed by atoms with Gasteiger partial charge in [0.05, 0.1) is 10.5 Å². The largest absolute Gasteiger partial charge is 0.310 e. The number of pyridine rings is 1. The Morgan fingerprint density at radius 1 is 1.23 bits per heavy atom. The third-order valence-corrected chi connectivity index (χ3v) is 2.95. The van der Waals surface area contributed by atoms with Crippen LogP contribution in [0.5, 0.6) is 0 Å². The van der Waals surface area contributed by atoms with E-state index in [0.717, 1.165) is 11.2 Å². The Labute approximate surface area is 79.7 Å². The summed E-state index contributed by atoms with van der Waals surface area (Å²) < 4.78 is 0. The van der Waals surface area contributed by atoms with Crippen molar-refractivity contribution in [3.8, 4) is 0 Å². The molecule has 2 aromatic rings. The maximum atomic E-state index is 4.33. The first-order valence-corrected chi connectivity index (χ1v) is 4.90. The normalized spacial score (nSPS) is 13.5. The van der Waals surface area contributed by atoms with Gasteiger partial charge in [-0.2, -0.15) is 0 Å². The maximum absolute atomic E-state index is 4.33. The third kappa shape index (κ3) is 0.971. The van der Waals surface area contributed by atoms with Crippen LogP contribution in [0.2, 0.25) is 0 Å². The fraction of sp³-hybridized carbons (Fsp3) is 0. The molecule has 61 valence electrons. The average molecular weight is 186 g/mol. The number of aromatic nitrogens is 1. The Bertz CT molecular complexity index is 505. The summed E-state index contributed by atoms with van der Waals surface area (Å²) in [7, 11) is 0. The first-order chi connectivity index (χ1) is 6.45. The zero-order valence-corrected chi connectivity index (χ0v) is 7.58. The molecule has 0 fully saturated rings. The van der Waals surface area contributed by atoms with Crippen molar-refractivity contribution in [2.75, 3.05) is 0 Å². The zero-order valence-electron chi connectivity index (χ0n) is 6.77. The number of hydrogen-bond acceptors (Lipinski definition) is 3. The Kier molecular flexibility index (Phi) is 1.40. The lowest BCUT2D eigenvalue weighted by Crippen LogP contribution is -1.82. The van der Waals surface area contributed by atoms with Gasteiger partial charge < -0.3 is 0 Å². The highest BCUT2D eigenvalue weighted by Gasteiger charge is 2.21. The minimum Gasteiger partial charge on any atom is -0.249 e. The average Bonchev–Trinajstić information content (AvgIpc) is 2.65. The summed E-state index contributed by atoms with van der Waals surface area (Å²) >= 11 is 1.67. The fourth-order valence-corrected chi connectivity index (χ4v) is 2.25. The van der Waals surface area contributed by atoms with Crippen LogP contribution in [-0.4, -0.2) is 10.5 Å². The van der Waals surface area contributed by atoms with E-state index in [9.17, 15) is 0 Å².